The fraction of sp³-hybridized carbons (Fsp3) is 0.286. The van der Waals surface area contributed by atoms with E-state index in [2.05, 4.69) is 10.3 Å². The highest BCUT2D eigenvalue weighted by atomic mass is 32.1. The molecule has 1 amide bonds. The zero-order valence-corrected chi connectivity index (χ0v) is 22.3. The van der Waals surface area contributed by atoms with Crippen LogP contribution in [0.3, 0.4) is 0 Å². The van der Waals surface area contributed by atoms with Gasteiger partial charge in [-0.2, -0.15) is 0 Å². The van der Waals surface area contributed by atoms with Crippen molar-refractivity contribution in [1.82, 2.24) is 10.3 Å². The van der Waals surface area contributed by atoms with Crippen LogP contribution in [-0.2, 0) is 27.2 Å². The van der Waals surface area contributed by atoms with Crippen LogP contribution in [-0.4, -0.2) is 41.2 Å². The van der Waals surface area contributed by atoms with Gasteiger partial charge in [-0.1, -0.05) is 19.1 Å². The van der Waals surface area contributed by atoms with Gasteiger partial charge in [0.2, 0.25) is 5.43 Å². The van der Waals surface area contributed by atoms with Gasteiger partial charge in [-0.05, 0) is 49.6 Å². The number of nitrogens with zero attached hydrogens (tertiary/aromatic N) is 1. The second-order valence-corrected chi connectivity index (χ2v) is 9.66. The van der Waals surface area contributed by atoms with Crippen LogP contribution in [0.2, 0.25) is 0 Å². The number of aryl methyl sites for hydroxylation is 2. The minimum Gasteiger partial charge on any atom is -0.508 e. The lowest BCUT2D eigenvalue weighted by atomic mass is 10.1. The molecule has 0 unspecified atom stereocenters. The van der Waals surface area contributed by atoms with E-state index in [0.717, 1.165) is 16.8 Å². The molecule has 2 atom stereocenters. The van der Waals surface area contributed by atoms with Gasteiger partial charge in [0.05, 0.1) is 18.1 Å². The number of phenolic OH excluding ortho intramolecular Hbond substituents is 1. The quantitative estimate of drug-likeness (QED) is 0.305. The first-order valence-electron chi connectivity index (χ1n) is 12.0. The number of esters is 1. The molecule has 0 aliphatic heterocycles. The second kappa shape index (κ2) is 11.5. The molecular formula is C28H28N2O7S. The van der Waals surface area contributed by atoms with Gasteiger partial charge in [-0.3, -0.25) is 9.59 Å². The normalized spacial score (nSPS) is 12.6. The number of rotatable bonds is 9. The molecule has 0 aliphatic carbocycles. The molecule has 2 aromatic carbocycles. The molecule has 0 spiro atoms. The van der Waals surface area contributed by atoms with Crippen molar-refractivity contribution in [2.24, 2.45) is 0 Å². The van der Waals surface area contributed by atoms with E-state index in [1.165, 1.54) is 36.8 Å². The van der Waals surface area contributed by atoms with Crippen LogP contribution in [0.25, 0.3) is 21.5 Å². The third-order valence-electron chi connectivity index (χ3n) is 6.04. The molecule has 4 aromatic rings. The van der Waals surface area contributed by atoms with Crippen LogP contribution < -0.4 is 15.5 Å². The molecule has 0 aliphatic rings. The van der Waals surface area contributed by atoms with Gasteiger partial charge >= 0.3 is 5.97 Å². The number of hydrogen-bond acceptors (Lipinski definition) is 9. The molecule has 198 valence electrons. The Balaban J connectivity index is 1.55. The van der Waals surface area contributed by atoms with Crippen LogP contribution in [0.15, 0.2) is 57.3 Å². The molecule has 0 fully saturated rings. The number of phenols is 1. The Morgan fingerprint density at radius 2 is 1.95 bits per heavy atom. The third kappa shape index (κ3) is 5.86. The summed E-state index contributed by atoms with van der Waals surface area (Å²) >= 11 is 1.38. The van der Waals surface area contributed by atoms with Gasteiger partial charge < -0.3 is 24.3 Å². The number of hydrogen-bond donors (Lipinski definition) is 2. The van der Waals surface area contributed by atoms with E-state index < -0.39 is 24.0 Å². The van der Waals surface area contributed by atoms with Gasteiger partial charge in [-0.25, -0.2) is 9.78 Å². The maximum atomic E-state index is 13.2. The monoisotopic (exact) mass is 536 g/mol. The van der Waals surface area contributed by atoms with Gasteiger partial charge in [0, 0.05) is 23.6 Å². The Hall–Kier alpha value is -4.18. The molecule has 0 saturated heterocycles. The van der Waals surface area contributed by atoms with E-state index in [-0.39, 0.29) is 17.6 Å². The molecule has 10 heteroatoms. The minimum atomic E-state index is -0.964. The topological polar surface area (TPSA) is 128 Å². The van der Waals surface area contributed by atoms with Crippen LogP contribution >= 0.6 is 11.3 Å². The molecule has 4 rings (SSSR count). The second-order valence-electron chi connectivity index (χ2n) is 8.80. The van der Waals surface area contributed by atoms with Gasteiger partial charge in [-0.15, -0.1) is 11.3 Å². The van der Waals surface area contributed by atoms with Crippen molar-refractivity contribution < 1.29 is 28.6 Å². The number of carbonyl (C=O) groups is 2. The SMILES string of the molecule is CCc1cc2c(=O)c(-c3nc(C)cs3)coc2cc1O[C@H](C)C(=O)N[C@H](Cc1ccc(O)cc1)C(=O)OC. The Bertz CT molecular complexity index is 1520. The number of carbonyl (C=O) groups excluding carboxylic acids is 2. The lowest BCUT2D eigenvalue weighted by Gasteiger charge is -2.21. The highest BCUT2D eigenvalue weighted by Gasteiger charge is 2.26. The summed E-state index contributed by atoms with van der Waals surface area (Å²) in [6, 6.07) is 8.70. The van der Waals surface area contributed by atoms with Gasteiger partial charge in [0.25, 0.3) is 5.91 Å². The summed E-state index contributed by atoms with van der Waals surface area (Å²) in [4.78, 5) is 42.9. The Labute approximate surface area is 223 Å². The summed E-state index contributed by atoms with van der Waals surface area (Å²) in [5.74, 6) is -0.623. The van der Waals surface area contributed by atoms with Gasteiger partial charge in [0.1, 0.15) is 34.4 Å². The third-order valence-corrected chi connectivity index (χ3v) is 7.03. The first-order chi connectivity index (χ1) is 18.2. The van der Waals surface area contributed by atoms with Crippen LogP contribution in [0, 0.1) is 6.92 Å². The highest BCUT2D eigenvalue weighted by Crippen LogP contribution is 2.29. The molecule has 38 heavy (non-hydrogen) atoms. The van der Waals surface area contributed by atoms with E-state index in [0.29, 0.717) is 33.7 Å². The standard InChI is InChI=1S/C28H28N2O7S/c1-5-18-11-20-24(36-13-21(25(20)32)27-29-15(2)14-38-27)12-23(18)37-16(3)26(33)30-22(28(34)35-4)10-17-6-8-19(31)9-7-17/h6-9,11-14,16,22,31H,5,10H2,1-4H3,(H,30,33)/t16-,22-/m1/s1. The molecule has 2 N–H and O–H groups in total. The lowest BCUT2D eigenvalue weighted by molar-refractivity contribution is -0.145. The fourth-order valence-electron chi connectivity index (χ4n) is 3.95. The Morgan fingerprint density at radius 3 is 2.58 bits per heavy atom. The summed E-state index contributed by atoms with van der Waals surface area (Å²) in [5.41, 5.74) is 2.81. The highest BCUT2D eigenvalue weighted by molar-refractivity contribution is 7.13. The number of amides is 1. The zero-order chi connectivity index (χ0) is 27.4. The first-order valence-corrected chi connectivity index (χ1v) is 12.9. The van der Waals surface area contributed by atoms with Crippen molar-refractivity contribution >= 4 is 34.2 Å². The van der Waals surface area contributed by atoms with Crippen LogP contribution in [0.1, 0.15) is 30.7 Å². The minimum absolute atomic E-state index is 0.0990. The molecule has 2 heterocycles. The average Bonchev–Trinajstić information content (AvgIpc) is 3.34. The van der Waals surface area contributed by atoms with Crippen molar-refractivity contribution in [1.29, 1.82) is 0 Å². The van der Waals surface area contributed by atoms with Crippen LogP contribution in [0.5, 0.6) is 11.5 Å². The maximum absolute atomic E-state index is 13.2. The first kappa shape index (κ1) is 26.9. The summed E-state index contributed by atoms with van der Waals surface area (Å²) in [6.07, 6.45) is 1.14. The molecule has 9 nitrogen and oxygen atoms in total. The fourth-order valence-corrected chi connectivity index (χ4v) is 4.75. The lowest BCUT2D eigenvalue weighted by Crippen LogP contribution is -2.47. The van der Waals surface area contributed by atoms with Gasteiger partial charge in [0.15, 0.2) is 6.10 Å². The Kier molecular flexibility index (Phi) is 8.11. The number of aromatic nitrogens is 1. The predicted octanol–water partition coefficient (Wildman–Crippen LogP) is 4.16. The van der Waals surface area contributed by atoms with E-state index in [1.807, 2.05) is 19.2 Å². The van der Waals surface area contributed by atoms with E-state index >= 15 is 0 Å². The summed E-state index contributed by atoms with van der Waals surface area (Å²) in [6.45, 7) is 5.34. The maximum Gasteiger partial charge on any atom is 0.328 e. The van der Waals surface area contributed by atoms with Crippen molar-refractivity contribution in [3.63, 3.8) is 0 Å². The summed E-state index contributed by atoms with van der Waals surface area (Å²) in [7, 11) is 1.25. The number of ether oxygens (including phenoxy) is 2. The summed E-state index contributed by atoms with van der Waals surface area (Å²) in [5, 5.41) is 15.0. The van der Waals surface area contributed by atoms with Crippen molar-refractivity contribution in [2.45, 2.75) is 45.8 Å². The number of nitrogens with one attached hydrogen (secondary N) is 1. The van der Waals surface area contributed by atoms with E-state index in [4.69, 9.17) is 13.9 Å². The molecule has 0 radical (unpaired) electrons. The van der Waals surface area contributed by atoms with Crippen LogP contribution in [0.4, 0.5) is 0 Å². The summed E-state index contributed by atoms with van der Waals surface area (Å²) < 4.78 is 16.6. The largest absolute Gasteiger partial charge is 0.508 e. The van der Waals surface area contributed by atoms with Crippen molar-refractivity contribution in [2.75, 3.05) is 7.11 Å². The van der Waals surface area contributed by atoms with E-state index in [9.17, 15) is 19.5 Å². The average molecular weight is 537 g/mol. The van der Waals surface area contributed by atoms with Crippen molar-refractivity contribution in [3.8, 4) is 22.1 Å². The van der Waals surface area contributed by atoms with Crippen molar-refractivity contribution in [3.05, 3.63) is 75.1 Å². The zero-order valence-electron chi connectivity index (χ0n) is 21.4. The molecule has 0 bridgehead atoms. The van der Waals surface area contributed by atoms with E-state index in [1.54, 1.807) is 31.2 Å². The number of benzene rings is 2. The number of methoxy groups -OCH3 is 1. The number of aromatic hydroxyl groups is 1. The molecule has 2 aromatic heterocycles. The predicted molar refractivity (Wildman–Crippen MR) is 144 cm³/mol. The number of fused-ring (bicyclic) bond motifs is 1. The number of thiazole rings is 1. The molecular weight excluding hydrogens is 508 g/mol. The molecule has 0 saturated carbocycles. The Morgan fingerprint density at radius 1 is 1.21 bits per heavy atom. The smallest absolute Gasteiger partial charge is 0.328 e.